The lowest BCUT2D eigenvalue weighted by molar-refractivity contribution is -0.137. The van der Waals surface area contributed by atoms with Crippen LogP contribution in [0.4, 0.5) is 0 Å². The van der Waals surface area contributed by atoms with E-state index >= 15 is 0 Å². The second-order valence-corrected chi connectivity index (χ2v) is 5.67. The number of carbonyl (C=O) groups excluding carboxylic acids is 1. The van der Waals surface area contributed by atoms with E-state index in [2.05, 4.69) is 19.2 Å². The third-order valence-corrected chi connectivity index (χ3v) is 4.15. The third-order valence-electron chi connectivity index (χ3n) is 4.15. The minimum absolute atomic E-state index is 0.123. The lowest BCUT2D eigenvalue weighted by Crippen LogP contribution is -2.51. The van der Waals surface area contributed by atoms with Crippen LogP contribution in [0.3, 0.4) is 0 Å². The van der Waals surface area contributed by atoms with Gasteiger partial charge in [0.05, 0.1) is 12.5 Å². The molecule has 4 nitrogen and oxygen atoms in total. The van der Waals surface area contributed by atoms with Crippen LogP contribution in [0, 0.1) is 11.8 Å². The zero-order valence-corrected chi connectivity index (χ0v) is 11.7. The molecule has 2 saturated heterocycles. The molecule has 2 fully saturated rings. The fourth-order valence-electron chi connectivity index (χ4n) is 2.97. The molecule has 104 valence electrons. The highest BCUT2D eigenvalue weighted by molar-refractivity contribution is 5.79. The molecule has 0 aromatic rings. The lowest BCUT2D eigenvalue weighted by Gasteiger charge is -2.38. The van der Waals surface area contributed by atoms with Crippen LogP contribution in [-0.2, 0) is 9.53 Å². The number of rotatable bonds is 4. The van der Waals surface area contributed by atoms with Gasteiger partial charge < -0.3 is 15.0 Å². The fraction of sp³-hybridized carbons (Fsp3) is 0.929. The average Bonchev–Trinajstić information content (AvgIpc) is 2.90. The van der Waals surface area contributed by atoms with Crippen molar-refractivity contribution < 1.29 is 9.53 Å². The van der Waals surface area contributed by atoms with E-state index in [0.29, 0.717) is 24.5 Å². The molecule has 18 heavy (non-hydrogen) atoms. The first-order valence-electron chi connectivity index (χ1n) is 7.32. The average molecular weight is 254 g/mol. The highest BCUT2D eigenvalue weighted by atomic mass is 16.5. The zero-order chi connectivity index (χ0) is 13.0. The molecule has 2 aliphatic rings. The van der Waals surface area contributed by atoms with Crippen molar-refractivity contribution in [2.45, 2.75) is 39.2 Å². The highest BCUT2D eigenvalue weighted by Gasteiger charge is 2.33. The van der Waals surface area contributed by atoms with Gasteiger partial charge in [-0.1, -0.05) is 13.8 Å². The summed E-state index contributed by atoms with van der Waals surface area (Å²) in [4.78, 5) is 14.3. The van der Waals surface area contributed by atoms with Gasteiger partial charge in [0, 0.05) is 25.7 Å². The second-order valence-electron chi connectivity index (χ2n) is 5.67. The van der Waals surface area contributed by atoms with Crippen LogP contribution in [0.2, 0.25) is 0 Å². The first-order chi connectivity index (χ1) is 8.72. The van der Waals surface area contributed by atoms with Gasteiger partial charge in [0.2, 0.25) is 5.91 Å². The summed E-state index contributed by atoms with van der Waals surface area (Å²) in [5.41, 5.74) is 0. The van der Waals surface area contributed by atoms with Crippen LogP contribution < -0.4 is 5.32 Å². The Labute approximate surface area is 110 Å². The summed E-state index contributed by atoms with van der Waals surface area (Å²) >= 11 is 0. The van der Waals surface area contributed by atoms with E-state index < -0.39 is 0 Å². The van der Waals surface area contributed by atoms with Gasteiger partial charge in [-0.3, -0.25) is 4.79 Å². The predicted octanol–water partition coefficient (Wildman–Crippen LogP) is 1.26. The summed E-state index contributed by atoms with van der Waals surface area (Å²) in [6.07, 6.45) is 3.16. The Kier molecular flexibility index (Phi) is 5.01. The maximum atomic E-state index is 12.3. The zero-order valence-electron chi connectivity index (χ0n) is 11.7. The molecule has 2 aliphatic heterocycles. The van der Waals surface area contributed by atoms with Gasteiger partial charge in [0.25, 0.3) is 0 Å². The van der Waals surface area contributed by atoms with Crippen LogP contribution in [-0.4, -0.2) is 49.7 Å². The Morgan fingerprint density at radius 3 is 2.89 bits per heavy atom. The van der Waals surface area contributed by atoms with E-state index in [9.17, 15) is 4.79 Å². The Morgan fingerprint density at radius 1 is 1.44 bits per heavy atom. The smallest absolute Gasteiger partial charge is 0.228 e. The van der Waals surface area contributed by atoms with Crippen molar-refractivity contribution in [3.05, 3.63) is 0 Å². The number of hydrogen-bond acceptors (Lipinski definition) is 3. The molecule has 2 heterocycles. The Bertz CT molecular complexity index is 277. The minimum atomic E-state index is 0.123. The normalized spacial score (nSPS) is 32.8. The molecule has 0 spiro atoms. The number of piperidine rings is 1. The first-order valence-corrected chi connectivity index (χ1v) is 7.32. The van der Waals surface area contributed by atoms with Gasteiger partial charge in [0.15, 0.2) is 0 Å². The Balaban J connectivity index is 1.81. The maximum absolute atomic E-state index is 12.3. The van der Waals surface area contributed by atoms with Crippen LogP contribution in [0.15, 0.2) is 0 Å². The monoisotopic (exact) mass is 254 g/mol. The first kappa shape index (κ1) is 13.8. The highest BCUT2D eigenvalue weighted by Crippen LogP contribution is 2.22. The molecule has 3 unspecified atom stereocenters. The minimum Gasteiger partial charge on any atom is -0.381 e. The van der Waals surface area contributed by atoms with Gasteiger partial charge in [-0.05, 0) is 31.7 Å². The van der Waals surface area contributed by atoms with Crippen molar-refractivity contribution in [3.8, 4) is 0 Å². The van der Waals surface area contributed by atoms with Crippen molar-refractivity contribution in [3.63, 3.8) is 0 Å². The molecule has 0 bridgehead atoms. The van der Waals surface area contributed by atoms with Crippen molar-refractivity contribution >= 4 is 5.91 Å². The van der Waals surface area contributed by atoms with Gasteiger partial charge in [-0.15, -0.1) is 0 Å². The van der Waals surface area contributed by atoms with Crippen molar-refractivity contribution in [1.82, 2.24) is 10.2 Å². The summed E-state index contributed by atoms with van der Waals surface area (Å²) in [5.74, 6) is 0.988. The predicted molar refractivity (Wildman–Crippen MR) is 71.4 cm³/mol. The fourth-order valence-corrected chi connectivity index (χ4v) is 2.97. The van der Waals surface area contributed by atoms with E-state index in [1.807, 2.05) is 4.90 Å². The summed E-state index contributed by atoms with van der Waals surface area (Å²) in [6.45, 7) is 8.70. The van der Waals surface area contributed by atoms with E-state index in [4.69, 9.17) is 4.74 Å². The molecule has 0 saturated carbocycles. The van der Waals surface area contributed by atoms with E-state index in [1.54, 1.807) is 0 Å². The molecule has 0 radical (unpaired) electrons. The van der Waals surface area contributed by atoms with Gasteiger partial charge in [-0.2, -0.15) is 0 Å². The van der Waals surface area contributed by atoms with E-state index in [1.165, 1.54) is 6.42 Å². The van der Waals surface area contributed by atoms with Crippen molar-refractivity contribution in [2.75, 3.05) is 32.8 Å². The molecule has 2 rings (SSSR count). The van der Waals surface area contributed by atoms with E-state index in [0.717, 1.165) is 39.1 Å². The molecular weight excluding hydrogens is 228 g/mol. The molecule has 1 N–H and O–H groups in total. The third kappa shape index (κ3) is 3.23. The number of likely N-dealkylation sites (tertiary alicyclic amines) is 1. The largest absolute Gasteiger partial charge is 0.381 e. The van der Waals surface area contributed by atoms with Crippen LogP contribution in [0.25, 0.3) is 0 Å². The van der Waals surface area contributed by atoms with Crippen molar-refractivity contribution in [2.24, 2.45) is 11.8 Å². The summed E-state index contributed by atoms with van der Waals surface area (Å²) in [7, 11) is 0. The molecule has 3 atom stereocenters. The number of carbonyl (C=O) groups is 1. The molecule has 0 aromatic heterocycles. The number of ether oxygens (including phenoxy) is 1. The molecule has 0 aliphatic carbocycles. The standard InChI is InChI=1S/C14H26N2O2/c1-3-6-15-13-4-7-16(9-11(13)2)14(17)12-5-8-18-10-12/h11-13,15H,3-10H2,1-2H3. The number of nitrogens with zero attached hydrogens (tertiary/aromatic N) is 1. The molecule has 0 aromatic carbocycles. The summed E-state index contributed by atoms with van der Waals surface area (Å²) < 4.78 is 5.31. The topological polar surface area (TPSA) is 41.6 Å². The molecular formula is C14H26N2O2. The summed E-state index contributed by atoms with van der Waals surface area (Å²) in [5, 5.41) is 3.59. The molecule has 4 heteroatoms. The second kappa shape index (κ2) is 6.53. The molecule has 1 amide bonds. The quantitative estimate of drug-likeness (QED) is 0.821. The Morgan fingerprint density at radius 2 is 2.28 bits per heavy atom. The van der Waals surface area contributed by atoms with Gasteiger partial charge >= 0.3 is 0 Å². The number of amides is 1. The number of hydrogen-bond donors (Lipinski definition) is 1. The van der Waals surface area contributed by atoms with Gasteiger partial charge in [-0.25, -0.2) is 0 Å². The number of nitrogens with one attached hydrogen (secondary N) is 1. The summed E-state index contributed by atoms with van der Waals surface area (Å²) in [6, 6.07) is 0.578. The van der Waals surface area contributed by atoms with Crippen LogP contribution in [0.1, 0.15) is 33.1 Å². The van der Waals surface area contributed by atoms with Gasteiger partial charge in [0.1, 0.15) is 0 Å². The van der Waals surface area contributed by atoms with Crippen LogP contribution >= 0.6 is 0 Å². The van der Waals surface area contributed by atoms with Crippen LogP contribution in [0.5, 0.6) is 0 Å². The lowest BCUT2D eigenvalue weighted by atomic mass is 9.92. The maximum Gasteiger partial charge on any atom is 0.228 e. The van der Waals surface area contributed by atoms with E-state index in [-0.39, 0.29) is 5.92 Å². The Hall–Kier alpha value is -0.610. The SMILES string of the molecule is CCCNC1CCN(C(=O)C2CCOC2)CC1C. The van der Waals surface area contributed by atoms with Crippen molar-refractivity contribution in [1.29, 1.82) is 0 Å².